The van der Waals surface area contributed by atoms with E-state index in [0.29, 0.717) is 35.2 Å². The molecule has 2 N–H and O–H groups in total. The maximum absolute atomic E-state index is 13.0. The maximum Gasteiger partial charge on any atom is 0.353 e. The molecule has 0 aliphatic carbocycles. The van der Waals surface area contributed by atoms with E-state index in [1.54, 1.807) is 31.3 Å². The Morgan fingerprint density at radius 3 is 2.31 bits per heavy atom. The number of nitriles is 1. The van der Waals surface area contributed by atoms with E-state index < -0.39 is 21.8 Å². The minimum Gasteiger partial charge on any atom is -0.477 e. The van der Waals surface area contributed by atoms with Crippen LogP contribution in [0.2, 0.25) is 0 Å². The molecule has 0 saturated heterocycles. The molecule has 7 nitrogen and oxygen atoms in total. The van der Waals surface area contributed by atoms with Crippen LogP contribution in [0.4, 0.5) is 4.39 Å². The van der Waals surface area contributed by atoms with Crippen LogP contribution in [-0.2, 0) is 29.9 Å². The largest absolute Gasteiger partial charge is 0.477 e. The smallest absolute Gasteiger partial charge is 0.353 e. The van der Waals surface area contributed by atoms with Crippen molar-refractivity contribution in [2.75, 3.05) is 6.54 Å². The molecule has 0 bridgehead atoms. The molecule has 3 aromatic rings. The van der Waals surface area contributed by atoms with Crippen LogP contribution in [-0.4, -0.2) is 30.6 Å². The van der Waals surface area contributed by atoms with Gasteiger partial charge in [0.2, 0.25) is 10.0 Å². The molecule has 0 fully saturated rings. The summed E-state index contributed by atoms with van der Waals surface area (Å²) in [6.45, 7) is 2.00. The van der Waals surface area contributed by atoms with E-state index in [9.17, 15) is 28.0 Å². The van der Waals surface area contributed by atoms with Crippen LogP contribution in [0.1, 0.15) is 34.2 Å². The Hall–Kier alpha value is -3.48. The average molecular weight is 456 g/mol. The third kappa shape index (κ3) is 4.56. The highest BCUT2D eigenvalue weighted by Crippen LogP contribution is 2.32. The van der Waals surface area contributed by atoms with Crippen molar-refractivity contribution in [2.45, 2.75) is 24.7 Å². The van der Waals surface area contributed by atoms with Crippen LogP contribution in [0.3, 0.4) is 0 Å². The summed E-state index contributed by atoms with van der Waals surface area (Å²) in [4.78, 5) is 11.8. The number of rotatable bonds is 8. The van der Waals surface area contributed by atoms with Gasteiger partial charge in [0.1, 0.15) is 17.6 Å². The fraction of sp³-hybridized carbons (Fsp3) is 0.217. The van der Waals surface area contributed by atoms with Gasteiger partial charge in [-0.1, -0.05) is 31.2 Å². The highest BCUT2D eigenvalue weighted by Gasteiger charge is 2.25. The lowest BCUT2D eigenvalue weighted by Gasteiger charge is -2.08. The van der Waals surface area contributed by atoms with Crippen LogP contribution in [0.15, 0.2) is 53.4 Å². The molecule has 166 valence electrons. The molecular weight excluding hydrogens is 433 g/mol. The van der Waals surface area contributed by atoms with E-state index in [2.05, 4.69) is 10.8 Å². The molecule has 9 heteroatoms. The predicted octanol–water partition coefficient (Wildman–Crippen LogP) is 3.48. The van der Waals surface area contributed by atoms with Crippen LogP contribution in [0.25, 0.3) is 11.1 Å². The molecule has 2 aromatic carbocycles. The molecule has 0 aliphatic heterocycles. The van der Waals surface area contributed by atoms with E-state index >= 15 is 0 Å². The Balaban J connectivity index is 1.79. The van der Waals surface area contributed by atoms with Crippen molar-refractivity contribution in [1.82, 2.24) is 9.29 Å². The molecule has 0 unspecified atom stereocenters. The van der Waals surface area contributed by atoms with Gasteiger partial charge in [0, 0.05) is 24.8 Å². The molecule has 0 spiro atoms. The molecule has 0 radical (unpaired) electrons. The summed E-state index contributed by atoms with van der Waals surface area (Å²) < 4.78 is 41.6. The SMILES string of the molecule is CCc1c(C#N)c(-c2ccc(CCNS(=O)(=O)c3ccc(F)cc3)cc2)c(C(=O)O)n1C. The van der Waals surface area contributed by atoms with Crippen molar-refractivity contribution < 1.29 is 22.7 Å². The van der Waals surface area contributed by atoms with Crippen molar-refractivity contribution in [3.05, 3.63) is 76.9 Å². The number of carboxylic acids is 1. The normalized spacial score (nSPS) is 11.3. The van der Waals surface area contributed by atoms with Gasteiger partial charge in [-0.3, -0.25) is 0 Å². The number of benzene rings is 2. The summed E-state index contributed by atoms with van der Waals surface area (Å²) in [5.41, 5.74) is 2.86. The highest BCUT2D eigenvalue weighted by molar-refractivity contribution is 7.89. The summed E-state index contributed by atoms with van der Waals surface area (Å²) in [6.07, 6.45) is 0.915. The highest BCUT2D eigenvalue weighted by atomic mass is 32.2. The zero-order valence-electron chi connectivity index (χ0n) is 17.6. The van der Waals surface area contributed by atoms with Gasteiger partial charge in [0.25, 0.3) is 0 Å². The number of carbonyl (C=O) groups is 1. The zero-order chi connectivity index (χ0) is 23.5. The quantitative estimate of drug-likeness (QED) is 0.540. The Labute approximate surface area is 185 Å². The lowest BCUT2D eigenvalue weighted by Crippen LogP contribution is -2.26. The van der Waals surface area contributed by atoms with Crippen molar-refractivity contribution in [3.8, 4) is 17.2 Å². The maximum atomic E-state index is 13.0. The first kappa shape index (κ1) is 23.2. The predicted molar refractivity (Wildman–Crippen MR) is 117 cm³/mol. The topological polar surface area (TPSA) is 112 Å². The monoisotopic (exact) mass is 455 g/mol. The molecule has 0 atom stereocenters. The number of sulfonamides is 1. The summed E-state index contributed by atoms with van der Waals surface area (Å²) >= 11 is 0. The average Bonchev–Trinajstić information content (AvgIpc) is 3.06. The molecule has 0 saturated carbocycles. The van der Waals surface area contributed by atoms with E-state index in [1.807, 2.05) is 6.92 Å². The van der Waals surface area contributed by atoms with Crippen LogP contribution in [0, 0.1) is 17.1 Å². The third-order valence-electron chi connectivity index (χ3n) is 5.24. The Morgan fingerprint density at radius 2 is 1.78 bits per heavy atom. The zero-order valence-corrected chi connectivity index (χ0v) is 18.4. The van der Waals surface area contributed by atoms with Gasteiger partial charge in [-0.25, -0.2) is 22.3 Å². The molecule has 3 rings (SSSR count). The third-order valence-corrected chi connectivity index (χ3v) is 6.71. The number of nitrogens with one attached hydrogen (secondary N) is 1. The fourth-order valence-corrected chi connectivity index (χ4v) is 4.70. The van der Waals surface area contributed by atoms with E-state index in [0.717, 1.165) is 17.7 Å². The lowest BCUT2D eigenvalue weighted by molar-refractivity contribution is 0.0687. The molecular formula is C23H22FN3O4S. The van der Waals surface area contributed by atoms with Crippen molar-refractivity contribution in [2.24, 2.45) is 7.05 Å². The van der Waals surface area contributed by atoms with Gasteiger partial charge in [0.15, 0.2) is 0 Å². The molecule has 1 aromatic heterocycles. The van der Waals surface area contributed by atoms with Gasteiger partial charge < -0.3 is 9.67 Å². The first-order valence-corrected chi connectivity index (χ1v) is 11.4. The summed E-state index contributed by atoms with van der Waals surface area (Å²) in [7, 11) is -2.12. The number of aromatic carboxylic acids is 1. The van der Waals surface area contributed by atoms with Gasteiger partial charge >= 0.3 is 5.97 Å². The second-order valence-electron chi connectivity index (χ2n) is 7.17. The standard InChI is InChI=1S/C23H22FN3O4S/c1-3-20-19(14-25)21(22(23(28)29)27(20)2)16-6-4-15(5-7-16)12-13-26-32(30,31)18-10-8-17(24)9-11-18/h4-11,26H,3,12-13H2,1-2H3,(H,28,29). The first-order chi connectivity index (χ1) is 15.2. The molecule has 0 amide bonds. The van der Waals surface area contributed by atoms with Crippen LogP contribution < -0.4 is 4.72 Å². The second-order valence-corrected chi connectivity index (χ2v) is 8.94. The van der Waals surface area contributed by atoms with Gasteiger partial charge in [-0.2, -0.15) is 5.26 Å². The summed E-state index contributed by atoms with van der Waals surface area (Å²) in [5.74, 6) is -1.63. The lowest BCUT2D eigenvalue weighted by atomic mass is 9.98. The number of carboxylic acid groups (broad SMARTS) is 1. The van der Waals surface area contributed by atoms with Crippen molar-refractivity contribution in [3.63, 3.8) is 0 Å². The summed E-state index contributed by atoms with van der Waals surface area (Å²) in [6, 6.07) is 13.7. The second kappa shape index (κ2) is 9.34. The van der Waals surface area contributed by atoms with Crippen molar-refractivity contribution in [1.29, 1.82) is 5.26 Å². The van der Waals surface area contributed by atoms with E-state index in [-0.39, 0.29) is 17.1 Å². The fourth-order valence-electron chi connectivity index (χ4n) is 3.66. The molecule has 0 aliphatic rings. The Bertz CT molecular complexity index is 1290. The number of hydrogen-bond acceptors (Lipinski definition) is 4. The molecule has 32 heavy (non-hydrogen) atoms. The van der Waals surface area contributed by atoms with Gasteiger partial charge in [-0.05, 0) is 48.2 Å². The van der Waals surface area contributed by atoms with Gasteiger partial charge in [0.05, 0.1) is 10.5 Å². The minimum atomic E-state index is -3.75. The molecule has 1 heterocycles. The van der Waals surface area contributed by atoms with E-state index in [4.69, 9.17) is 0 Å². The van der Waals surface area contributed by atoms with Crippen LogP contribution in [0.5, 0.6) is 0 Å². The number of halogens is 1. The first-order valence-electron chi connectivity index (χ1n) is 9.89. The minimum absolute atomic E-state index is 0.0183. The Kier molecular flexibility index (Phi) is 6.77. The van der Waals surface area contributed by atoms with E-state index in [1.165, 1.54) is 16.7 Å². The number of aromatic nitrogens is 1. The van der Waals surface area contributed by atoms with Gasteiger partial charge in [-0.15, -0.1) is 0 Å². The van der Waals surface area contributed by atoms with Crippen molar-refractivity contribution >= 4 is 16.0 Å². The summed E-state index contributed by atoms with van der Waals surface area (Å²) in [5, 5.41) is 19.3. The van der Waals surface area contributed by atoms with Crippen LogP contribution >= 0.6 is 0 Å². The Morgan fingerprint density at radius 1 is 1.16 bits per heavy atom. The number of nitrogens with zero attached hydrogens (tertiary/aromatic N) is 2. The number of hydrogen-bond donors (Lipinski definition) is 2.